The number of nitrogens with zero attached hydrogens (tertiary/aromatic N) is 1. The van der Waals surface area contributed by atoms with E-state index in [0.717, 1.165) is 11.2 Å². The predicted molar refractivity (Wildman–Crippen MR) is 85.2 cm³/mol. The number of para-hydroxylation sites is 1. The minimum Gasteiger partial charge on any atom is -0.382 e. The first-order valence-corrected chi connectivity index (χ1v) is 7.56. The van der Waals surface area contributed by atoms with Gasteiger partial charge in [0.2, 0.25) is 0 Å². The molecule has 0 amide bonds. The molecule has 3 nitrogen and oxygen atoms in total. The summed E-state index contributed by atoms with van der Waals surface area (Å²) in [6, 6.07) is 11.8. The Morgan fingerprint density at radius 1 is 1.05 bits per heavy atom. The maximum Gasteiger partial charge on any atom is 0.0725 e. The quantitative estimate of drug-likeness (QED) is 0.895. The van der Waals surface area contributed by atoms with Gasteiger partial charge in [0.25, 0.3) is 0 Å². The number of hydrogen-bond acceptors (Lipinski definition) is 3. The van der Waals surface area contributed by atoms with E-state index in [4.69, 9.17) is 0 Å². The van der Waals surface area contributed by atoms with Crippen molar-refractivity contribution in [2.45, 2.75) is 44.7 Å². The first-order valence-electron chi connectivity index (χ1n) is 7.56. The van der Waals surface area contributed by atoms with Crippen LogP contribution in [0.1, 0.15) is 31.4 Å². The molecule has 0 saturated heterocycles. The molecule has 1 aliphatic carbocycles. The number of anilines is 1. The molecule has 0 atom stereocenters. The average molecular weight is 269 g/mol. The van der Waals surface area contributed by atoms with Crippen LogP contribution in [0.15, 0.2) is 30.3 Å². The standard InChI is InChI=1S/C17H23N3/c1-12-11-17(15-5-3-4-6-16(15)19-12)20-14-9-7-13(18-2)8-10-14/h3-6,11,13-14,18H,7-10H2,1-2H3,(H,19,20). The second-order valence-electron chi connectivity index (χ2n) is 5.81. The van der Waals surface area contributed by atoms with Crippen molar-refractivity contribution in [3.63, 3.8) is 0 Å². The summed E-state index contributed by atoms with van der Waals surface area (Å²) < 4.78 is 0. The monoisotopic (exact) mass is 269 g/mol. The van der Waals surface area contributed by atoms with Gasteiger partial charge in [-0.05, 0) is 51.8 Å². The molecule has 1 aromatic carbocycles. The number of aryl methyl sites for hydroxylation is 1. The highest BCUT2D eigenvalue weighted by Gasteiger charge is 2.20. The topological polar surface area (TPSA) is 37.0 Å². The van der Waals surface area contributed by atoms with E-state index >= 15 is 0 Å². The summed E-state index contributed by atoms with van der Waals surface area (Å²) in [5, 5.41) is 8.36. The van der Waals surface area contributed by atoms with Crippen LogP contribution in [0, 0.1) is 6.92 Å². The second-order valence-corrected chi connectivity index (χ2v) is 5.81. The Bertz CT molecular complexity index is 586. The van der Waals surface area contributed by atoms with Crippen molar-refractivity contribution in [2.75, 3.05) is 12.4 Å². The summed E-state index contributed by atoms with van der Waals surface area (Å²) in [7, 11) is 2.07. The van der Waals surface area contributed by atoms with Gasteiger partial charge in [0, 0.05) is 28.9 Å². The number of rotatable bonds is 3. The maximum atomic E-state index is 4.60. The van der Waals surface area contributed by atoms with E-state index in [9.17, 15) is 0 Å². The van der Waals surface area contributed by atoms with Crippen LogP contribution in [0.5, 0.6) is 0 Å². The lowest BCUT2D eigenvalue weighted by atomic mass is 9.91. The van der Waals surface area contributed by atoms with Gasteiger partial charge in [-0.3, -0.25) is 4.98 Å². The first kappa shape index (κ1) is 13.4. The lowest BCUT2D eigenvalue weighted by molar-refractivity contribution is 0.371. The molecule has 1 aromatic heterocycles. The Kier molecular flexibility index (Phi) is 3.88. The predicted octanol–water partition coefficient (Wildman–Crippen LogP) is 3.49. The van der Waals surface area contributed by atoms with Crippen molar-refractivity contribution < 1.29 is 0 Å². The lowest BCUT2D eigenvalue weighted by Crippen LogP contribution is -2.35. The van der Waals surface area contributed by atoms with Gasteiger partial charge in [0.15, 0.2) is 0 Å². The molecule has 0 aliphatic heterocycles. The van der Waals surface area contributed by atoms with Gasteiger partial charge in [-0.25, -0.2) is 0 Å². The number of nitrogens with one attached hydrogen (secondary N) is 2. The molecule has 1 fully saturated rings. The maximum absolute atomic E-state index is 4.60. The Balaban J connectivity index is 1.81. The highest BCUT2D eigenvalue weighted by molar-refractivity contribution is 5.91. The van der Waals surface area contributed by atoms with Gasteiger partial charge in [-0.1, -0.05) is 18.2 Å². The fourth-order valence-electron chi connectivity index (χ4n) is 3.17. The normalized spacial score (nSPS) is 22.9. The summed E-state index contributed by atoms with van der Waals surface area (Å²) in [4.78, 5) is 4.60. The Morgan fingerprint density at radius 3 is 2.50 bits per heavy atom. The smallest absolute Gasteiger partial charge is 0.0725 e. The number of fused-ring (bicyclic) bond motifs is 1. The minimum absolute atomic E-state index is 0.588. The molecule has 0 unspecified atom stereocenters. The Morgan fingerprint density at radius 2 is 1.75 bits per heavy atom. The molecule has 1 aliphatic rings. The van der Waals surface area contributed by atoms with E-state index in [1.807, 2.05) is 0 Å². The number of pyridine rings is 1. The second kappa shape index (κ2) is 5.80. The molecule has 2 aromatic rings. The minimum atomic E-state index is 0.588. The molecule has 3 rings (SSSR count). The fraction of sp³-hybridized carbons (Fsp3) is 0.471. The zero-order valence-electron chi connectivity index (χ0n) is 12.3. The molecule has 1 saturated carbocycles. The first-order chi connectivity index (χ1) is 9.76. The largest absolute Gasteiger partial charge is 0.382 e. The van der Waals surface area contributed by atoms with E-state index in [1.165, 1.54) is 36.8 Å². The molecule has 106 valence electrons. The molecule has 0 bridgehead atoms. The molecule has 1 heterocycles. The third kappa shape index (κ3) is 2.78. The van der Waals surface area contributed by atoms with E-state index in [1.54, 1.807) is 0 Å². The van der Waals surface area contributed by atoms with Crippen LogP contribution in [-0.2, 0) is 0 Å². The third-order valence-corrected chi connectivity index (χ3v) is 4.34. The van der Waals surface area contributed by atoms with Gasteiger partial charge in [-0.15, -0.1) is 0 Å². The highest BCUT2D eigenvalue weighted by Crippen LogP contribution is 2.27. The zero-order chi connectivity index (χ0) is 13.9. The number of aromatic nitrogens is 1. The SMILES string of the molecule is CNC1CCC(Nc2cc(C)nc3ccccc23)CC1. The van der Waals surface area contributed by atoms with Crippen LogP contribution in [0.4, 0.5) is 5.69 Å². The summed E-state index contributed by atoms with van der Waals surface area (Å²) in [5.74, 6) is 0. The number of hydrogen-bond donors (Lipinski definition) is 2. The van der Waals surface area contributed by atoms with Crippen molar-refractivity contribution in [3.05, 3.63) is 36.0 Å². The van der Waals surface area contributed by atoms with Gasteiger partial charge in [0.05, 0.1) is 5.52 Å². The van der Waals surface area contributed by atoms with Crippen LogP contribution >= 0.6 is 0 Å². The van der Waals surface area contributed by atoms with Crippen LogP contribution in [0.2, 0.25) is 0 Å². The molecule has 3 heteroatoms. The van der Waals surface area contributed by atoms with E-state index in [0.29, 0.717) is 12.1 Å². The third-order valence-electron chi connectivity index (χ3n) is 4.34. The van der Waals surface area contributed by atoms with Crippen LogP contribution in [0.3, 0.4) is 0 Å². The lowest BCUT2D eigenvalue weighted by Gasteiger charge is -2.30. The summed E-state index contributed by atoms with van der Waals surface area (Å²) >= 11 is 0. The van der Waals surface area contributed by atoms with Gasteiger partial charge >= 0.3 is 0 Å². The van der Waals surface area contributed by atoms with Crippen molar-refractivity contribution in [1.82, 2.24) is 10.3 Å². The van der Waals surface area contributed by atoms with Crippen LogP contribution < -0.4 is 10.6 Å². The van der Waals surface area contributed by atoms with Crippen molar-refractivity contribution in [1.29, 1.82) is 0 Å². The van der Waals surface area contributed by atoms with Gasteiger partial charge in [-0.2, -0.15) is 0 Å². The highest BCUT2D eigenvalue weighted by atomic mass is 14.9. The molecule has 0 radical (unpaired) electrons. The number of benzene rings is 1. The van der Waals surface area contributed by atoms with Crippen molar-refractivity contribution >= 4 is 16.6 Å². The average Bonchev–Trinajstić information content (AvgIpc) is 2.48. The summed E-state index contributed by atoms with van der Waals surface area (Å²) in [6.45, 7) is 2.07. The molecular weight excluding hydrogens is 246 g/mol. The molecular formula is C17H23N3. The molecule has 0 spiro atoms. The van der Waals surface area contributed by atoms with Gasteiger partial charge in [0.1, 0.15) is 0 Å². The van der Waals surface area contributed by atoms with Crippen LogP contribution in [-0.4, -0.2) is 24.1 Å². The Labute approximate surface area is 120 Å². The summed E-state index contributed by atoms with van der Waals surface area (Å²) in [5.41, 5.74) is 3.40. The zero-order valence-corrected chi connectivity index (χ0v) is 12.3. The van der Waals surface area contributed by atoms with Crippen LogP contribution in [0.25, 0.3) is 10.9 Å². The van der Waals surface area contributed by atoms with Gasteiger partial charge < -0.3 is 10.6 Å². The Hall–Kier alpha value is -1.61. The van der Waals surface area contributed by atoms with Crippen molar-refractivity contribution in [3.8, 4) is 0 Å². The molecule has 20 heavy (non-hydrogen) atoms. The van der Waals surface area contributed by atoms with E-state index < -0.39 is 0 Å². The van der Waals surface area contributed by atoms with E-state index in [-0.39, 0.29) is 0 Å². The van der Waals surface area contributed by atoms with Crippen molar-refractivity contribution in [2.24, 2.45) is 0 Å². The fourth-order valence-corrected chi connectivity index (χ4v) is 3.17. The van der Waals surface area contributed by atoms with E-state index in [2.05, 4.69) is 59.9 Å². The molecule has 2 N–H and O–H groups in total. The summed E-state index contributed by atoms with van der Waals surface area (Å²) in [6.07, 6.45) is 4.99.